The van der Waals surface area contributed by atoms with E-state index in [1.807, 2.05) is 13.0 Å². The van der Waals surface area contributed by atoms with Crippen LogP contribution in [0.2, 0.25) is 0 Å². The number of phenols is 1. The Labute approximate surface area is 276 Å². The van der Waals surface area contributed by atoms with Crippen molar-refractivity contribution in [3.05, 3.63) is 53.6 Å². The van der Waals surface area contributed by atoms with Gasteiger partial charge in [-0.15, -0.1) is 0 Å². The van der Waals surface area contributed by atoms with Gasteiger partial charge in [0.05, 0.1) is 25.3 Å². The number of rotatable bonds is 8. The Morgan fingerprint density at radius 3 is 2.81 bits per heavy atom. The summed E-state index contributed by atoms with van der Waals surface area (Å²) < 4.78 is 45.0. The van der Waals surface area contributed by atoms with Crippen LogP contribution < -0.4 is 19.7 Å². The van der Waals surface area contributed by atoms with Crippen molar-refractivity contribution in [3.8, 4) is 28.9 Å². The molecule has 10 nitrogen and oxygen atoms in total. The van der Waals surface area contributed by atoms with Crippen molar-refractivity contribution < 1.29 is 28.5 Å². The summed E-state index contributed by atoms with van der Waals surface area (Å²) in [5.74, 6) is -0.461. The van der Waals surface area contributed by atoms with Gasteiger partial charge in [-0.25, -0.2) is 13.8 Å². The molecule has 4 unspecified atom stereocenters. The average Bonchev–Trinajstić information content (AvgIpc) is 3.58. The first-order valence-electron chi connectivity index (χ1n) is 17.0. The number of hydrogen-bond donors (Lipinski definition) is 3. The first-order chi connectivity index (χ1) is 23.3. The molecule has 4 aliphatic heterocycles. The summed E-state index contributed by atoms with van der Waals surface area (Å²) in [6.07, 6.45) is 8.48. The molecule has 9 rings (SSSR count). The van der Waals surface area contributed by atoms with Crippen LogP contribution in [0.3, 0.4) is 0 Å². The average molecular weight is 657 g/mol. The normalized spacial score (nSPS) is 25.4. The van der Waals surface area contributed by atoms with Crippen molar-refractivity contribution in [1.29, 1.82) is 0 Å². The number of ether oxygens (including phenoxy) is 2. The number of benzene rings is 2. The van der Waals surface area contributed by atoms with Crippen molar-refractivity contribution >= 4 is 27.5 Å². The highest BCUT2D eigenvalue weighted by Crippen LogP contribution is 2.48. The van der Waals surface area contributed by atoms with Gasteiger partial charge in [-0.05, 0) is 66.6 Å². The third-order valence-electron chi connectivity index (χ3n) is 11.1. The Bertz CT molecular complexity index is 1990. The Kier molecular flexibility index (Phi) is 7.00. The van der Waals surface area contributed by atoms with Gasteiger partial charge in [-0.2, -0.15) is 9.97 Å². The maximum atomic E-state index is 17.1. The van der Waals surface area contributed by atoms with Crippen molar-refractivity contribution in [2.24, 2.45) is 5.41 Å². The van der Waals surface area contributed by atoms with E-state index < -0.39 is 11.6 Å². The smallest absolute Gasteiger partial charge is 0.319 e. The van der Waals surface area contributed by atoms with E-state index in [1.165, 1.54) is 12.1 Å². The number of anilines is 1. The Morgan fingerprint density at radius 2 is 2.00 bits per heavy atom. The predicted molar refractivity (Wildman–Crippen MR) is 177 cm³/mol. The van der Waals surface area contributed by atoms with Crippen LogP contribution in [0.5, 0.6) is 17.6 Å². The molecule has 250 valence electrons. The SMILES string of the molecule is CCc1c(F)ccc2cc(O)cc(-c3nc4c5c(nc(OCC6(CN7CC=CC7CO)CC6)nc5c3F)N3CC5CCC(N5)C3CO4)c12. The molecule has 0 spiro atoms. The van der Waals surface area contributed by atoms with Gasteiger partial charge in [0.2, 0.25) is 5.88 Å². The summed E-state index contributed by atoms with van der Waals surface area (Å²) in [5, 5.41) is 25.7. The largest absolute Gasteiger partial charge is 0.508 e. The van der Waals surface area contributed by atoms with E-state index in [2.05, 4.69) is 26.2 Å². The number of nitrogens with zero attached hydrogens (tertiary/aromatic N) is 5. The van der Waals surface area contributed by atoms with Gasteiger partial charge in [-0.1, -0.05) is 25.1 Å². The Morgan fingerprint density at radius 1 is 1.12 bits per heavy atom. The van der Waals surface area contributed by atoms with Crippen LogP contribution in [0.15, 0.2) is 36.4 Å². The minimum atomic E-state index is -0.712. The number of phenolic OH excluding ortho intramolecular Hbond substituents is 1. The Balaban J connectivity index is 1.18. The highest BCUT2D eigenvalue weighted by molar-refractivity contribution is 6.03. The summed E-state index contributed by atoms with van der Waals surface area (Å²) in [6, 6.07) is 6.42. The first kappa shape index (κ1) is 30.0. The number of aryl methyl sites for hydroxylation is 1. The lowest BCUT2D eigenvalue weighted by Crippen LogP contribution is -2.60. The van der Waals surface area contributed by atoms with Crippen LogP contribution in [-0.4, -0.2) is 93.7 Å². The molecule has 12 heteroatoms. The molecule has 4 aromatic rings. The summed E-state index contributed by atoms with van der Waals surface area (Å²) >= 11 is 0. The molecule has 1 aliphatic carbocycles. The fraction of sp³-hybridized carbons (Fsp3) is 0.472. The number of piperazine rings is 1. The molecule has 0 radical (unpaired) electrons. The van der Waals surface area contributed by atoms with Gasteiger partial charge in [0.1, 0.15) is 40.6 Å². The second kappa shape index (κ2) is 11.2. The molecule has 2 saturated heterocycles. The molecule has 3 fully saturated rings. The van der Waals surface area contributed by atoms with E-state index in [4.69, 9.17) is 19.4 Å². The molecule has 3 N–H and O–H groups in total. The number of pyridine rings is 1. The lowest BCUT2D eigenvalue weighted by Gasteiger charge is -2.40. The van der Waals surface area contributed by atoms with E-state index in [0.717, 1.165) is 38.8 Å². The second-order valence-corrected chi connectivity index (χ2v) is 14.1. The number of nitrogens with one attached hydrogen (secondary N) is 1. The van der Waals surface area contributed by atoms with E-state index in [9.17, 15) is 10.2 Å². The number of hydrogen-bond acceptors (Lipinski definition) is 10. The van der Waals surface area contributed by atoms with Crippen LogP contribution in [0.1, 0.15) is 38.2 Å². The fourth-order valence-electron chi connectivity index (χ4n) is 8.33. The van der Waals surface area contributed by atoms with E-state index in [0.29, 0.717) is 53.7 Å². The summed E-state index contributed by atoms with van der Waals surface area (Å²) in [4.78, 5) is 18.8. The minimum absolute atomic E-state index is 0.00117. The van der Waals surface area contributed by atoms with Crippen molar-refractivity contribution in [2.75, 3.05) is 44.4 Å². The molecule has 5 aliphatic rings. The van der Waals surface area contributed by atoms with Gasteiger partial charge in [0, 0.05) is 42.7 Å². The van der Waals surface area contributed by atoms with Crippen LogP contribution in [-0.2, 0) is 6.42 Å². The van der Waals surface area contributed by atoms with Gasteiger partial charge >= 0.3 is 6.01 Å². The van der Waals surface area contributed by atoms with Gasteiger partial charge < -0.3 is 29.9 Å². The van der Waals surface area contributed by atoms with Gasteiger partial charge in [0.15, 0.2) is 5.82 Å². The summed E-state index contributed by atoms with van der Waals surface area (Å²) in [5.41, 5.74) is 0.513. The first-order valence-corrected chi connectivity index (χ1v) is 17.0. The number of halogens is 2. The topological polar surface area (TPSA) is 116 Å². The van der Waals surface area contributed by atoms with Crippen molar-refractivity contribution in [3.63, 3.8) is 0 Å². The predicted octanol–water partition coefficient (Wildman–Crippen LogP) is 4.48. The van der Waals surface area contributed by atoms with E-state index in [1.54, 1.807) is 12.1 Å². The molecular weight excluding hydrogens is 618 g/mol. The molecule has 0 amide bonds. The molecule has 2 aromatic carbocycles. The van der Waals surface area contributed by atoms with Crippen LogP contribution in [0.4, 0.5) is 14.6 Å². The number of fused-ring (bicyclic) bond motifs is 6. The minimum Gasteiger partial charge on any atom is -0.508 e. The van der Waals surface area contributed by atoms with Crippen molar-refractivity contribution in [2.45, 2.75) is 63.2 Å². The monoisotopic (exact) mass is 656 g/mol. The molecule has 1 saturated carbocycles. The zero-order valence-electron chi connectivity index (χ0n) is 26.8. The van der Waals surface area contributed by atoms with E-state index in [-0.39, 0.29) is 70.6 Å². The van der Waals surface area contributed by atoms with Gasteiger partial charge in [0.25, 0.3) is 0 Å². The van der Waals surface area contributed by atoms with Crippen LogP contribution in [0, 0.1) is 17.0 Å². The number of aromatic hydroxyl groups is 1. The fourth-order valence-corrected chi connectivity index (χ4v) is 8.33. The summed E-state index contributed by atoms with van der Waals surface area (Å²) in [6.45, 7) is 4.83. The quantitative estimate of drug-likeness (QED) is 0.235. The number of aliphatic hydroxyl groups is 1. The Hall–Kier alpha value is -4.13. The van der Waals surface area contributed by atoms with E-state index >= 15 is 8.78 Å². The molecule has 6 heterocycles. The van der Waals surface area contributed by atoms with Crippen LogP contribution in [0.25, 0.3) is 32.9 Å². The van der Waals surface area contributed by atoms with Crippen molar-refractivity contribution in [1.82, 2.24) is 25.2 Å². The number of aromatic nitrogens is 3. The maximum absolute atomic E-state index is 17.1. The molecular formula is C36H38F2N6O4. The second-order valence-electron chi connectivity index (χ2n) is 14.1. The van der Waals surface area contributed by atoms with Gasteiger partial charge in [-0.3, -0.25) is 4.90 Å². The molecule has 48 heavy (non-hydrogen) atoms. The number of aliphatic hydroxyl groups excluding tert-OH is 1. The highest BCUT2D eigenvalue weighted by Gasteiger charge is 2.47. The maximum Gasteiger partial charge on any atom is 0.319 e. The third kappa shape index (κ3) is 4.79. The third-order valence-corrected chi connectivity index (χ3v) is 11.1. The molecule has 4 atom stereocenters. The molecule has 2 bridgehead atoms. The lowest BCUT2D eigenvalue weighted by atomic mass is 9.94. The lowest BCUT2D eigenvalue weighted by molar-refractivity contribution is 0.123. The van der Waals surface area contributed by atoms with Crippen LogP contribution >= 0.6 is 0 Å². The highest BCUT2D eigenvalue weighted by atomic mass is 19.1. The zero-order valence-corrected chi connectivity index (χ0v) is 26.8. The standard InChI is InChI=1S/C36H38F2N6O4/c1-2-23-25(37)7-5-19-12-22(46)13-24(28(19)23)31-30(38)32-29-33(44-14-20-6-8-26(39-20)27(44)16-47-34(29)40-31)42-35(41-32)48-18-36(9-10-36)17-43-11-3-4-21(43)15-45/h3-5,7,12-13,20-21,26-27,39,45-46H,2,6,8-11,14-18H2,1H3. The summed E-state index contributed by atoms with van der Waals surface area (Å²) in [7, 11) is 0. The molecule has 2 aromatic heterocycles. The zero-order chi connectivity index (χ0) is 32.7.